The van der Waals surface area contributed by atoms with E-state index in [4.69, 9.17) is 19.7 Å². The van der Waals surface area contributed by atoms with Crippen LogP contribution in [0.1, 0.15) is 10.4 Å². The third kappa shape index (κ3) is 4.88. The molecule has 0 aliphatic carbocycles. The molecule has 0 saturated heterocycles. The number of methoxy groups -OCH3 is 1. The van der Waals surface area contributed by atoms with Crippen molar-refractivity contribution in [3.05, 3.63) is 133 Å². The third-order valence-corrected chi connectivity index (χ3v) is 6.73. The zero-order valence-corrected chi connectivity index (χ0v) is 21.9. The molecule has 192 valence electrons. The summed E-state index contributed by atoms with van der Waals surface area (Å²) in [6.45, 7) is 0. The predicted octanol–water partition coefficient (Wildman–Crippen LogP) is 8.03. The Morgan fingerprint density at radius 1 is 0.500 bits per heavy atom. The van der Waals surface area contributed by atoms with Crippen molar-refractivity contribution in [2.75, 3.05) is 7.11 Å². The van der Waals surface area contributed by atoms with Gasteiger partial charge in [-0.05, 0) is 17.2 Å². The maximum Gasteiger partial charge on any atom is 0.164 e. The molecule has 1 aromatic heterocycles. The lowest BCUT2D eigenvalue weighted by Crippen LogP contribution is -2.00. The number of benzene rings is 5. The van der Waals surface area contributed by atoms with Gasteiger partial charge in [0.1, 0.15) is 5.75 Å². The molecule has 5 nitrogen and oxygen atoms in total. The Balaban J connectivity index is 1.49. The minimum absolute atomic E-state index is 0.580. The molecule has 5 heteroatoms. The average Bonchev–Trinajstić information content (AvgIpc) is 3.05. The van der Waals surface area contributed by atoms with Crippen LogP contribution in [0, 0.1) is 0 Å². The zero-order valence-electron chi connectivity index (χ0n) is 21.9. The van der Waals surface area contributed by atoms with Crippen molar-refractivity contribution in [1.29, 1.82) is 0 Å². The van der Waals surface area contributed by atoms with Crippen LogP contribution >= 0.6 is 0 Å². The van der Waals surface area contributed by atoms with Crippen molar-refractivity contribution >= 4 is 6.29 Å². The molecule has 0 bridgehead atoms. The van der Waals surface area contributed by atoms with Gasteiger partial charge >= 0.3 is 0 Å². The van der Waals surface area contributed by atoms with Crippen molar-refractivity contribution in [1.82, 2.24) is 15.0 Å². The number of ether oxygens (including phenoxy) is 1. The van der Waals surface area contributed by atoms with Gasteiger partial charge in [-0.1, -0.05) is 121 Å². The molecule has 0 aliphatic heterocycles. The highest BCUT2D eigenvalue weighted by Crippen LogP contribution is 2.40. The van der Waals surface area contributed by atoms with Crippen LogP contribution in [0.15, 0.2) is 127 Å². The van der Waals surface area contributed by atoms with E-state index in [0.717, 1.165) is 45.2 Å². The lowest BCUT2D eigenvalue weighted by atomic mass is 9.94. The van der Waals surface area contributed by atoms with Gasteiger partial charge in [-0.3, -0.25) is 4.79 Å². The van der Waals surface area contributed by atoms with E-state index in [1.807, 2.05) is 121 Å². The summed E-state index contributed by atoms with van der Waals surface area (Å²) in [6.07, 6.45) is 0.873. The van der Waals surface area contributed by atoms with Crippen LogP contribution in [0.2, 0.25) is 0 Å². The first kappa shape index (κ1) is 24.9. The number of hydrogen-bond donors (Lipinski definition) is 0. The van der Waals surface area contributed by atoms with Crippen molar-refractivity contribution < 1.29 is 9.53 Å². The number of para-hydroxylation sites is 1. The number of carbonyl (C=O) groups excluding carboxylic acids is 1. The Labute approximate surface area is 232 Å². The van der Waals surface area contributed by atoms with Crippen molar-refractivity contribution in [3.63, 3.8) is 0 Å². The lowest BCUT2D eigenvalue weighted by molar-refractivity contribution is 0.112. The molecule has 5 aromatic carbocycles. The summed E-state index contributed by atoms with van der Waals surface area (Å²) in [6, 6.07) is 41.4. The number of rotatable bonds is 7. The Morgan fingerprint density at radius 2 is 0.975 bits per heavy atom. The second-order valence-electron chi connectivity index (χ2n) is 9.21. The molecular weight excluding hydrogens is 494 g/mol. The minimum Gasteiger partial charge on any atom is -0.495 e. The normalized spacial score (nSPS) is 10.7. The fourth-order valence-corrected chi connectivity index (χ4v) is 4.80. The summed E-state index contributed by atoms with van der Waals surface area (Å²) in [5.41, 5.74) is 6.83. The highest BCUT2D eigenvalue weighted by Gasteiger charge is 2.17. The Kier molecular flexibility index (Phi) is 6.93. The van der Waals surface area contributed by atoms with Crippen LogP contribution in [0.4, 0.5) is 0 Å². The quantitative estimate of drug-likeness (QED) is 0.200. The summed E-state index contributed by atoms with van der Waals surface area (Å²) < 4.78 is 5.93. The van der Waals surface area contributed by atoms with Gasteiger partial charge in [-0.15, -0.1) is 0 Å². The van der Waals surface area contributed by atoms with Crippen LogP contribution < -0.4 is 4.74 Å². The molecule has 0 atom stereocenters. The van der Waals surface area contributed by atoms with E-state index in [1.54, 1.807) is 7.11 Å². The highest BCUT2D eigenvalue weighted by molar-refractivity contribution is 5.92. The fraction of sp³-hybridized carbons (Fsp3) is 0.0286. The van der Waals surface area contributed by atoms with Crippen LogP contribution in [0.3, 0.4) is 0 Å². The summed E-state index contributed by atoms with van der Waals surface area (Å²) >= 11 is 0. The first-order valence-corrected chi connectivity index (χ1v) is 12.9. The monoisotopic (exact) mass is 519 g/mol. The first-order chi connectivity index (χ1) is 19.7. The van der Waals surface area contributed by atoms with Crippen LogP contribution in [-0.2, 0) is 0 Å². The maximum absolute atomic E-state index is 11.8. The second kappa shape index (κ2) is 11.1. The molecule has 0 amide bonds. The zero-order chi connectivity index (χ0) is 27.3. The molecule has 1 heterocycles. The number of aromatic nitrogens is 3. The van der Waals surface area contributed by atoms with Gasteiger partial charge in [-0.25, -0.2) is 15.0 Å². The minimum atomic E-state index is 0.580. The molecule has 0 fully saturated rings. The Bertz CT molecular complexity index is 1740. The predicted molar refractivity (Wildman–Crippen MR) is 159 cm³/mol. The van der Waals surface area contributed by atoms with Gasteiger partial charge in [0.2, 0.25) is 0 Å². The maximum atomic E-state index is 11.8. The van der Waals surface area contributed by atoms with E-state index in [2.05, 4.69) is 6.07 Å². The van der Waals surface area contributed by atoms with Gasteiger partial charge in [0.25, 0.3) is 0 Å². The molecular formula is C35H25N3O2. The molecule has 0 aliphatic rings. The van der Waals surface area contributed by atoms with Gasteiger partial charge in [-0.2, -0.15) is 0 Å². The SMILES string of the molecule is COc1c(-c2cccc(-c3nc(-c4ccccc4)nc(-c4ccccc4)n3)c2)cccc1-c1ccccc1C=O. The van der Waals surface area contributed by atoms with E-state index in [0.29, 0.717) is 28.8 Å². The highest BCUT2D eigenvalue weighted by atomic mass is 16.5. The average molecular weight is 520 g/mol. The molecule has 6 aromatic rings. The van der Waals surface area contributed by atoms with Gasteiger partial charge in [0.15, 0.2) is 23.8 Å². The van der Waals surface area contributed by atoms with E-state index in [9.17, 15) is 4.79 Å². The Morgan fingerprint density at radius 3 is 1.60 bits per heavy atom. The van der Waals surface area contributed by atoms with Crippen molar-refractivity contribution in [2.45, 2.75) is 0 Å². The van der Waals surface area contributed by atoms with Gasteiger partial charge in [0.05, 0.1) is 7.11 Å². The summed E-state index contributed by atoms with van der Waals surface area (Å²) in [5, 5.41) is 0. The number of hydrogen-bond acceptors (Lipinski definition) is 5. The topological polar surface area (TPSA) is 65.0 Å². The molecule has 40 heavy (non-hydrogen) atoms. The lowest BCUT2D eigenvalue weighted by Gasteiger charge is -2.16. The molecule has 0 saturated carbocycles. The first-order valence-electron chi connectivity index (χ1n) is 12.9. The van der Waals surface area contributed by atoms with E-state index in [1.165, 1.54) is 0 Å². The third-order valence-electron chi connectivity index (χ3n) is 6.73. The standard InChI is InChI=1S/C35H25N3O2/c1-40-32-30(20-11-21-31(32)29-19-9-8-16-28(29)23-39)26-17-10-18-27(22-26)35-37-33(24-12-4-2-5-13-24)36-34(38-35)25-14-6-3-7-15-25/h2-23H,1H3. The molecule has 0 unspecified atom stereocenters. The number of nitrogens with zero attached hydrogens (tertiary/aromatic N) is 3. The van der Waals surface area contributed by atoms with Crippen molar-refractivity contribution in [3.8, 4) is 62.2 Å². The van der Waals surface area contributed by atoms with E-state index in [-0.39, 0.29) is 0 Å². The number of carbonyl (C=O) groups is 1. The van der Waals surface area contributed by atoms with Gasteiger partial charge in [0, 0.05) is 33.4 Å². The van der Waals surface area contributed by atoms with E-state index >= 15 is 0 Å². The fourth-order valence-electron chi connectivity index (χ4n) is 4.80. The number of aldehydes is 1. The summed E-state index contributed by atoms with van der Waals surface area (Å²) in [5.74, 6) is 2.50. The summed E-state index contributed by atoms with van der Waals surface area (Å²) in [7, 11) is 1.65. The van der Waals surface area contributed by atoms with Crippen molar-refractivity contribution in [2.24, 2.45) is 0 Å². The second-order valence-corrected chi connectivity index (χ2v) is 9.21. The van der Waals surface area contributed by atoms with E-state index < -0.39 is 0 Å². The molecule has 0 radical (unpaired) electrons. The van der Waals surface area contributed by atoms with Crippen LogP contribution in [0.5, 0.6) is 5.75 Å². The molecule has 0 spiro atoms. The largest absolute Gasteiger partial charge is 0.495 e. The van der Waals surface area contributed by atoms with Crippen LogP contribution in [0.25, 0.3) is 56.4 Å². The van der Waals surface area contributed by atoms with Gasteiger partial charge < -0.3 is 4.74 Å². The smallest absolute Gasteiger partial charge is 0.164 e. The molecule has 0 N–H and O–H groups in total. The Hall–Kier alpha value is -5.42. The molecule has 6 rings (SSSR count). The summed E-state index contributed by atoms with van der Waals surface area (Å²) in [4.78, 5) is 26.3. The van der Waals surface area contributed by atoms with Crippen LogP contribution in [-0.4, -0.2) is 28.3 Å².